The van der Waals surface area contributed by atoms with E-state index in [9.17, 15) is 4.79 Å². The van der Waals surface area contributed by atoms with Crippen molar-refractivity contribution in [2.24, 2.45) is 0 Å². The number of rotatable bonds is 5. The predicted molar refractivity (Wildman–Crippen MR) is 125 cm³/mol. The van der Waals surface area contributed by atoms with Gasteiger partial charge in [-0.05, 0) is 55.0 Å². The van der Waals surface area contributed by atoms with Gasteiger partial charge in [0, 0.05) is 24.0 Å². The highest BCUT2D eigenvalue weighted by atomic mass is 35.5. The summed E-state index contributed by atoms with van der Waals surface area (Å²) < 4.78 is 28.3. The van der Waals surface area contributed by atoms with Crippen molar-refractivity contribution in [2.75, 3.05) is 28.1 Å². The summed E-state index contributed by atoms with van der Waals surface area (Å²) in [7, 11) is 4.77. The van der Waals surface area contributed by atoms with E-state index in [1.807, 2.05) is 18.2 Å². The van der Waals surface area contributed by atoms with E-state index in [1.54, 1.807) is 21.3 Å². The van der Waals surface area contributed by atoms with Crippen molar-refractivity contribution in [3.05, 3.63) is 55.9 Å². The fourth-order valence-corrected chi connectivity index (χ4v) is 5.18. The van der Waals surface area contributed by atoms with E-state index in [1.165, 1.54) is 0 Å². The van der Waals surface area contributed by atoms with Crippen LogP contribution >= 0.6 is 11.6 Å². The van der Waals surface area contributed by atoms with Crippen molar-refractivity contribution < 1.29 is 23.4 Å². The van der Waals surface area contributed by atoms with Crippen molar-refractivity contribution in [2.45, 2.75) is 38.8 Å². The van der Waals surface area contributed by atoms with Crippen molar-refractivity contribution in [3.8, 4) is 23.0 Å². The van der Waals surface area contributed by atoms with E-state index >= 15 is 0 Å². The summed E-state index contributed by atoms with van der Waals surface area (Å²) in [5.74, 6) is 2.32. The van der Waals surface area contributed by atoms with Gasteiger partial charge in [-0.3, -0.25) is 4.90 Å². The lowest BCUT2D eigenvalue weighted by atomic mass is 9.90. The first-order valence-electron chi connectivity index (χ1n) is 11.0. The maximum Gasteiger partial charge on any atom is 0.339 e. The molecule has 0 amide bonds. The highest BCUT2D eigenvalue weighted by Gasteiger charge is 2.28. The van der Waals surface area contributed by atoms with E-state index in [2.05, 4.69) is 4.90 Å². The Kier molecular flexibility index (Phi) is 5.85. The minimum atomic E-state index is -0.247. The van der Waals surface area contributed by atoms with Gasteiger partial charge in [0.05, 0.1) is 31.9 Å². The molecule has 0 N–H and O–H groups in total. The molecule has 3 aromatic rings. The van der Waals surface area contributed by atoms with Gasteiger partial charge < -0.3 is 23.4 Å². The molecule has 33 heavy (non-hydrogen) atoms. The summed E-state index contributed by atoms with van der Waals surface area (Å²) in [6.45, 7) is 1.45. The molecule has 7 nitrogen and oxygen atoms in total. The van der Waals surface area contributed by atoms with Gasteiger partial charge in [0.25, 0.3) is 0 Å². The molecule has 1 aliphatic heterocycles. The molecule has 0 unspecified atom stereocenters. The van der Waals surface area contributed by atoms with Crippen molar-refractivity contribution in [1.82, 2.24) is 4.90 Å². The molecule has 174 valence electrons. The van der Waals surface area contributed by atoms with Gasteiger partial charge in [0.15, 0.2) is 11.5 Å². The molecular formula is C25H26ClNO6. The molecule has 2 aromatic carbocycles. The zero-order chi connectivity index (χ0) is 23.1. The van der Waals surface area contributed by atoms with E-state index in [-0.39, 0.29) is 5.63 Å². The van der Waals surface area contributed by atoms with Gasteiger partial charge in [-0.1, -0.05) is 11.6 Å². The molecule has 1 aliphatic carbocycles. The molecule has 2 aliphatic rings. The Morgan fingerprint density at radius 2 is 1.67 bits per heavy atom. The number of fused-ring (bicyclic) bond motifs is 5. The minimum Gasteiger partial charge on any atom is -0.493 e. The molecular weight excluding hydrogens is 446 g/mol. The van der Waals surface area contributed by atoms with Gasteiger partial charge in [0.2, 0.25) is 5.75 Å². The topological polar surface area (TPSA) is 70.4 Å². The van der Waals surface area contributed by atoms with E-state index < -0.39 is 0 Å². The quantitative estimate of drug-likeness (QED) is 0.499. The standard InChI is InChI=1S/C25H26ClNO6/c1-29-20-8-14(9-21(30-2)24(20)31-3)11-27-12-18-22-17(10-19(26)23(18)32-13-27)15-6-4-5-7-16(15)25(28)33-22/h8-10H,4-7,11-13H2,1-3H3. The van der Waals surface area contributed by atoms with Crippen LogP contribution in [0.4, 0.5) is 0 Å². The molecule has 0 radical (unpaired) electrons. The minimum absolute atomic E-state index is 0.247. The lowest BCUT2D eigenvalue weighted by Gasteiger charge is -2.30. The number of ether oxygens (including phenoxy) is 4. The van der Waals surface area contributed by atoms with E-state index in [0.717, 1.165) is 53.3 Å². The SMILES string of the molecule is COc1cc(CN2COc3c(Cl)cc4c5c(c(=O)oc4c3C2)CCCC5)cc(OC)c1OC. The third-order valence-corrected chi connectivity index (χ3v) is 6.70. The summed E-state index contributed by atoms with van der Waals surface area (Å²) in [5.41, 5.74) is 3.97. The number of hydrogen-bond donors (Lipinski definition) is 0. The molecule has 0 bridgehead atoms. The number of methoxy groups -OCH3 is 3. The average molecular weight is 472 g/mol. The Morgan fingerprint density at radius 3 is 2.33 bits per heavy atom. The number of nitrogens with zero attached hydrogens (tertiary/aromatic N) is 1. The monoisotopic (exact) mass is 471 g/mol. The summed E-state index contributed by atoms with van der Waals surface area (Å²) in [4.78, 5) is 14.8. The van der Waals surface area contributed by atoms with Gasteiger partial charge in [-0.25, -0.2) is 4.79 Å². The Bertz CT molecular complexity index is 1260. The molecule has 2 heterocycles. The summed E-state index contributed by atoms with van der Waals surface area (Å²) in [6, 6.07) is 5.73. The van der Waals surface area contributed by atoms with Crippen molar-refractivity contribution in [3.63, 3.8) is 0 Å². The Labute approximate surface area is 196 Å². The van der Waals surface area contributed by atoms with Gasteiger partial charge in [0.1, 0.15) is 18.1 Å². The summed E-state index contributed by atoms with van der Waals surface area (Å²) >= 11 is 6.61. The van der Waals surface area contributed by atoms with E-state index in [0.29, 0.717) is 53.4 Å². The third kappa shape index (κ3) is 3.79. The zero-order valence-electron chi connectivity index (χ0n) is 19.0. The third-order valence-electron chi connectivity index (χ3n) is 6.42. The Hall–Kier alpha value is -2.90. The maximum absolute atomic E-state index is 12.7. The predicted octanol–water partition coefficient (Wildman–Crippen LogP) is 4.70. The zero-order valence-corrected chi connectivity index (χ0v) is 19.7. The van der Waals surface area contributed by atoms with Crippen LogP contribution in [0.3, 0.4) is 0 Å². The molecule has 0 saturated carbocycles. The fourth-order valence-electron chi connectivity index (χ4n) is 4.90. The number of aryl methyl sites for hydroxylation is 1. The molecule has 0 fully saturated rings. The van der Waals surface area contributed by atoms with Crippen LogP contribution < -0.4 is 24.6 Å². The summed E-state index contributed by atoms with van der Waals surface area (Å²) in [5, 5.41) is 1.47. The second kappa shape index (κ2) is 8.80. The number of benzene rings is 2. The first-order chi connectivity index (χ1) is 16.0. The van der Waals surface area contributed by atoms with E-state index in [4.69, 9.17) is 35.0 Å². The van der Waals surface area contributed by atoms with Crippen molar-refractivity contribution in [1.29, 1.82) is 0 Å². The van der Waals surface area contributed by atoms with Crippen LogP contribution in [0.15, 0.2) is 27.4 Å². The second-order valence-corrected chi connectivity index (χ2v) is 8.80. The van der Waals surface area contributed by atoms with Gasteiger partial charge in [-0.15, -0.1) is 0 Å². The highest BCUT2D eigenvalue weighted by molar-refractivity contribution is 6.33. The molecule has 0 atom stereocenters. The molecule has 8 heteroatoms. The largest absolute Gasteiger partial charge is 0.493 e. The molecule has 0 saturated heterocycles. The van der Waals surface area contributed by atoms with Gasteiger partial charge in [-0.2, -0.15) is 0 Å². The Balaban J connectivity index is 1.53. The molecule has 1 aromatic heterocycles. The van der Waals surface area contributed by atoms with Crippen LogP contribution in [0.1, 0.15) is 35.1 Å². The normalized spacial score (nSPS) is 15.5. The second-order valence-electron chi connectivity index (χ2n) is 8.39. The lowest BCUT2D eigenvalue weighted by Crippen LogP contribution is -2.32. The fraction of sp³-hybridized carbons (Fsp3) is 0.400. The van der Waals surface area contributed by atoms with Crippen LogP contribution in [0.2, 0.25) is 5.02 Å². The molecule has 5 rings (SSSR count). The average Bonchev–Trinajstić information content (AvgIpc) is 2.84. The highest BCUT2D eigenvalue weighted by Crippen LogP contribution is 2.42. The van der Waals surface area contributed by atoms with Crippen LogP contribution in [0.25, 0.3) is 11.0 Å². The Morgan fingerprint density at radius 1 is 0.970 bits per heavy atom. The van der Waals surface area contributed by atoms with Crippen LogP contribution in [0, 0.1) is 0 Å². The van der Waals surface area contributed by atoms with Crippen LogP contribution in [-0.4, -0.2) is 33.0 Å². The van der Waals surface area contributed by atoms with Crippen molar-refractivity contribution >= 4 is 22.6 Å². The smallest absolute Gasteiger partial charge is 0.339 e. The molecule has 0 spiro atoms. The lowest BCUT2D eigenvalue weighted by molar-refractivity contribution is 0.0889. The van der Waals surface area contributed by atoms with Crippen LogP contribution in [0.5, 0.6) is 23.0 Å². The first kappa shape index (κ1) is 21.9. The first-order valence-corrected chi connectivity index (χ1v) is 11.4. The number of halogens is 1. The summed E-state index contributed by atoms with van der Waals surface area (Å²) in [6.07, 6.45) is 3.69. The van der Waals surface area contributed by atoms with Crippen LogP contribution in [-0.2, 0) is 25.9 Å². The maximum atomic E-state index is 12.7. The van der Waals surface area contributed by atoms with Gasteiger partial charge >= 0.3 is 5.63 Å². The number of hydrogen-bond acceptors (Lipinski definition) is 7.